The molecule has 30 heavy (non-hydrogen) atoms. The standard InChI is InChI=1S/C19H22ClNO8S/c1-4-30(26,27)14-9-8-11(18(25)16-12(22)6-5-7-13(16)23)17(20)19(14)29-10-15(24)21(2)28-3/h8-9,25H,4-7,10H2,1-3H3. The van der Waals surface area contributed by atoms with Crippen molar-refractivity contribution >= 4 is 44.7 Å². The zero-order chi connectivity index (χ0) is 22.6. The summed E-state index contributed by atoms with van der Waals surface area (Å²) < 4.78 is 30.3. The first-order valence-electron chi connectivity index (χ1n) is 9.03. The lowest BCUT2D eigenvalue weighted by molar-refractivity contribution is -0.170. The van der Waals surface area contributed by atoms with E-state index in [9.17, 15) is 27.9 Å². The molecule has 2 rings (SSSR count). The fraction of sp³-hybridized carbons (Fsp3) is 0.421. The smallest absolute Gasteiger partial charge is 0.283 e. The average Bonchev–Trinajstić information content (AvgIpc) is 2.71. The number of rotatable bonds is 7. The molecule has 0 saturated heterocycles. The lowest BCUT2D eigenvalue weighted by Gasteiger charge is -2.19. The Bertz CT molecular complexity index is 998. The van der Waals surface area contributed by atoms with Crippen LogP contribution in [0, 0.1) is 0 Å². The van der Waals surface area contributed by atoms with Crippen LogP contribution < -0.4 is 4.74 Å². The fourth-order valence-electron chi connectivity index (χ4n) is 2.80. The molecule has 1 saturated carbocycles. The van der Waals surface area contributed by atoms with Crippen molar-refractivity contribution in [3.8, 4) is 5.75 Å². The van der Waals surface area contributed by atoms with Crippen molar-refractivity contribution in [1.82, 2.24) is 5.06 Å². The van der Waals surface area contributed by atoms with Gasteiger partial charge in [-0.15, -0.1) is 0 Å². The van der Waals surface area contributed by atoms with E-state index in [0.717, 1.165) is 11.1 Å². The molecule has 0 atom stereocenters. The Morgan fingerprint density at radius 1 is 1.23 bits per heavy atom. The predicted molar refractivity (Wildman–Crippen MR) is 108 cm³/mol. The van der Waals surface area contributed by atoms with E-state index in [0.29, 0.717) is 6.42 Å². The molecule has 1 amide bonds. The number of allylic oxidation sites excluding steroid dienone is 1. The van der Waals surface area contributed by atoms with E-state index in [4.69, 9.17) is 21.2 Å². The van der Waals surface area contributed by atoms with Crippen molar-refractivity contribution < 1.29 is 37.5 Å². The Morgan fingerprint density at radius 3 is 2.37 bits per heavy atom. The number of sulfone groups is 1. The molecule has 1 aromatic carbocycles. The van der Waals surface area contributed by atoms with Crippen LogP contribution in [0.3, 0.4) is 0 Å². The van der Waals surface area contributed by atoms with Gasteiger partial charge in [0.15, 0.2) is 33.8 Å². The molecule has 0 aromatic heterocycles. The SMILES string of the molecule is CCS(=O)(=O)c1ccc(C(O)=C2C(=O)CCCC2=O)c(Cl)c1OCC(=O)N(C)OC. The second-order valence-corrected chi connectivity index (χ2v) is 9.07. The third kappa shape index (κ3) is 4.82. The van der Waals surface area contributed by atoms with Crippen LogP contribution >= 0.6 is 11.6 Å². The highest BCUT2D eigenvalue weighted by molar-refractivity contribution is 7.91. The maximum absolute atomic E-state index is 12.5. The quantitative estimate of drug-likeness (QED) is 0.284. The number of nitrogens with zero attached hydrogens (tertiary/aromatic N) is 1. The summed E-state index contributed by atoms with van der Waals surface area (Å²) in [5.74, 6) is -2.96. The average molecular weight is 460 g/mol. The summed E-state index contributed by atoms with van der Waals surface area (Å²) >= 11 is 6.32. The normalized spacial score (nSPS) is 14.6. The Kier molecular flexibility index (Phi) is 7.62. The molecule has 0 heterocycles. The Balaban J connectivity index is 2.61. The fourth-order valence-corrected chi connectivity index (χ4v) is 4.19. The minimum absolute atomic E-state index is 0.103. The summed E-state index contributed by atoms with van der Waals surface area (Å²) in [7, 11) is -1.21. The summed E-state index contributed by atoms with van der Waals surface area (Å²) in [6.45, 7) is 0.818. The van der Waals surface area contributed by atoms with Gasteiger partial charge in [-0.1, -0.05) is 18.5 Å². The summed E-state index contributed by atoms with van der Waals surface area (Å²) in [5, 5.41) is 11.1. The van der Waals surface area contributed by atoms with Gasteiger partial charge < -0.3 is 9.84 Å². The number of likely N-dealkylation sites (N-methyl/N-ethyl adjacent to an activating group) is 1. The number of hydrogen-bond donors (Lipinski definition) is 1. The van der Waals surface area contributed by atoms with Gasteiger partial charge in [0.05, 0.1) is 17.9 Å². The maximum atomic E-state index is 12.5. The van der Waals surface area contributed by atoms with Crippen molar-refractivity contribution in [2.24, 2.45) is 0 Å². The second-order valence-electron chi connectivity index (χ2n) is 6.44. The van der Waals surface area contributed by atoms with Crippen LogP contribution in [0.15, 0.2) is 22.6 Å². The Labute approximate surface area is 179 Å². The lowest BCUT2D eigenvalue weighted by Crippen LogP contribution is -2.30. The molecular formula is C19H22ClNO8S. The van der Waals surface area contributed by atoms with Crippen molar-refractivity contribution in [2.75, 3.05) is 26.5 Å². The molecule has 11 heteroatoms. The number of carbonyl (C=O) groups excluding carboxylic acids is 3. The molecule has 9 nitrogen and oxygen atoms in total. The highest BCUT2D eigenvalue weighted by Gasteiger charge is 2.31. The van der Waals surface area contributed by atoms with Crippen LogP contribution in [0.5, 0.6) is 5.75 Å². The third-order valence-corrected chi connectivity index (χ3v) is 6.73. The monoisotopic (exact) mass is 459 g/mol. The summed E-state index contributed by atoms with van der Waals surface area (Å²) in [6, 6.07) is 2.34. The highest BCUT2D eigenvalue weighted by atomic mass is 35.5. The van der Waals surface area contributed by atoms with Crippen LogP contribution in [-0.4, -0.2) is 62.6 Å². The molecule has 0 spiro atoms. The highest BCUT2D eigenvalue weighted by Crippen LogP contribution is 2.39. The van der Waals surface area contributed by atoms with Gasteiger partial charge in [0.1, 0.15) is 16.2 Å². The molecule has 1 aromatic rings. The number of ketones is 2. The molecule has 0 radical (unpaired) electrons. The van der Waals surface area contributed by atoms with Gasteiger partial charge in [-0.05, 0) is 18.6 Å². The number of hydrogen-bond acceptors (Lipinski definition) is 8. The number of amides is 1. The Morgan fingerprint density at radius 2 is 1.83 bits per heavy atom. The second kappa shape index (κ2) is 9.59. The Hall–Kier alpha value is -2.43. The van der Waals surface area contributed by atoms with Crippen molar-refractivity contribution in [3.63, 3.8) is 0 Å². The van der Waals surface area contributed by atoms with Gasteiger partial charge in [0.25, 0.3) is 5.91 Å². The van der Waals surface area contributed by atoms with Gasteiger partial charge in [0, 0.05) is 25.5 Å². The van der Waals surface area contributed by atoms with E-state index in [1.807, 2.05) is 0 Å². The molecule has 0 unspecified atom stereocenters. The topological polar surface area (TPSA) is 127 Å². The zero-order valence-electron chi connectivity index (χ0n) is 16.7. The molecule has 164 valence electrons. The zero-order valence-corrected chi connectivity index (χ0v) is 18.3. The van der Waals surface area contributed by atoms with E-state index in [-0.39, 0.29) is 45.4 Å². The molecule has 1 aliphatic rings. The summed E-state index contributed by atoms with van der Waals surface area (Å²) in [5.41, 5.74) is -0.525. The number of aliphatic hydroxyl groups is 1. The van der Waals surface area contributed by atoms with Crippen LogP contribution in [0.2, 0.25) is 5.02 Å². The van der Waals surface area contributed by atoms with E-state index >= 15 is 0 Å². The number of hydroxylamine groups is 2. The van der Waals surface area contributed by atoms with Crippen molar-refractivity contribution in [2.45, 2.75) is 31.1 Å². The number of Topliss-reactive ketones (excluding diaryl/α,β-unsaturated/α-hetero) is 2. The van der Waals surface area contributed by atoms with E-state index in [2.05, 4.69) is 0 Å². The van der Waals surface area contributed by atoms with Crippen LogP contribution in [0.4, 0.5) is 0 Å². The first-order chi connectivity index (χ1) is 14.0. The van der Waals surface area contributed by atoms with Gasteiger partial charge in [-0.25, -0.2) is 13.5 Å². The number of aliphatic hydroxyl groups excluding tert-OH is 1. The van der Waals surface area contributed by atoms with Gasteiger partial charge in [0.2, 0.25) is 0 Å². The number of halogens is 1. The van der Waals surface area contributed by atoms with Gasteiger partial charge in [-0.3, -0.25) is 19.2 Å². The van der Waals surface area contributed by atoms with Crippen molar-refractivity contribution in [1.29, 1.82) is 0 Å². The van der Waals surface area contributed by atoms with Crippen LogP contribution in [0.25, 0.3) is 5.76 Å². The van der Waals surface area contributed by atoms with Crippen molar-refractivity contribution in [3.05, 3.63) is 28.3 Å². The third-order valence-electron chi connectivity index (χ3n) is 4.60. The number of ether oxygens (including phenoxy) is 1. The van der Waals surface area contributed by atoms with E-state index in [1.165, 1.54) is 27.1 Å². The first-order valence-corrected chi connectivity index (χ1v) is 11.1. The van der Waals surface area contributed by atoms with Gasteiger partial charge >= 0.3 is 0 Å². The van der Waals surface area contributed by atoms with Crippen LogP contribution in [0.1, 0.15) is 31.7 Å². The number of carbonyl (C=O) groups is 3. The maximum Gasteiger partial charge on any atom is 0.283 e. The van der Waals surface area contributed by atoms with Crippen LogP contribution in [-0.2, 0) is 29.1 Å². The number of benzene rings is 1. The van der Waals surface area contributed by atoms with E-state index in [1.54, 1.807) is 0 Å². The summed E-state index contributed by atoms with van der Waals surface area (Å²) in [6.07, 6.45) is 0.595. The molecule has 0 bridgehead atoms. The minimum atomic E-state index is -3.81. The molecular weight excluding hydrogens is 438 g/mol. The van der Waals surface area contributed by atoms with E-state index < -0.39 is 39.7 Å². The summed E-state index contributed by atoms with van der Waals surface area (Å²) in [4.78, 5) is 40.7. The first kappa shape index (κ1) is 23.8. The minimum Gasteiger partial charge on any atom is -0.506 e. The predicted octanol–water partition coefficient (Wildman–Crippen LogP) is 2.12. The lowest BCUT2D eigenvalue weighted by atomic mass is 9.90. The molecule has 1 fully saturated rings. The largest absolute Gasteiger partial charge is 0.506 e. The molecule has 0 aliphatic heterocycles. The molecule has 1 N–H and O–H groups in total. The van der Waals surface area contributed by atoms with Gasteiger partial charge in [-0.2, -0.15) is 0 Å². The molecule has 1 aliphatic carbocycles.